The van der Waals surface area contributed by atoms with Crippen LogP contribution in [-0.2, 0) is 28.5 Å². The van der Waals surface area contributed by atoms with Crippen LogP contribution in [0.2, 0.25) is 5.02 Å². The van der Waals surface area contributed by atoms with Crippen LogP contribution in [0, 0.1) is 6.92 Å². The van der Waals surface area contributed by atoms with Gasteiger partial charge in [-0.25, -0.2) is 0 Å². The highest BCUT2D eigenvalue weighted by molar-refractivity contribution is 6.31. The number of alkyl halides is 3. The maximum absolute atomic E-state index is 13.3. The second-order valence-electron chi connectivity index (χ2n) is 9.76. The number of nitrogens with zero attached hydrogens (tertiary/aromatic N) is 2. The van der Waals surface area contributed by atoms with Gasteiger partial charge < -0.3 is 19.7 Å². The van der Waals surface area contributed by atoms with Crippen molar-refractivity contribution in [3.63, 3.8) is 0 Å². The molecule has 0 unspecified atom stereocenters. The summed E-state index contributed by atoms with van der Waals surface area (Å²) in [7, 11) is 1.71. The standard InChI is InChI=1S/C27H33ClF3N3O3/c1-17-19(5-3-18-4-6-22(23(28)13-18)27(29,30)31)14-32-15-21(17)26(35)34-10-7-20(8-11-34)33-24-9-12-37-16-25(24)36-2/h4,6,13-15,20,24-25,33H,3,5,7-12,16H2,1-2H3/t24-,25+/m0/s1. The number of aromatic nitrogens is 1. The number of methoxy groups -OCH3 is 1. The SMILES string of the molecule is CO[C@@H]1COCC[C@@H]1NC1CCN(C(=O)c2cncc(CCc3ccc(C(F)(F)F)c(Cl)c3)c2C)CC1. The lowest BCUT2D eigenvalue weighted by atomic mass is 9.97. The van der Waals surface area contributed by atoms with E-state index in [1.807, 2.05) is 11.8 Å². The van der Waals surface area contributed by atoms with Crippen molar-refractivity contribution in [2.24, 2.45) is 0 Å². The number of aryl methyl sites for hydroxylation is 2. The second kappa shape index (κ2) is 12.1. The summed E-state index contributed by atoms with van der Waals surface area (Å²) in [5.41, 5.74) is 2.17. The number of pyridine rings is 1. The third-order valence-corrected chi connectivity index (χ3v) is 7.72. The van der Waals surface area contributed by atoms with Crippen LogP contribution in [0.1, 0.15) is 51.9 Å². The molecular weight excluding hydrogens is 507 g/mol. The molecule has 1 aromatic carbocycles. The number of ether oxygens (including phenoxy) is 2. The molecule has 0 bridgehead atoms. The normalized spacial score (nSPS) is 21.3. The van der Waals surface area contributed by atoms with E-state index in [0.29, 0.717) is 49.7 Å². The average molecular weight is 540 g/mol. The zero-order chi connectivity index (χ0) is 26.6. The van der Waals surface area contributed by atoms with Gasteiger partial charge in [-0.15, -0.1) is 0 Å². The Bertz CT molecular complexity index is 1090. The molecule has 37 heavy (non-hydrogen) atoms. The van der Waals surface area contributed by atoms with E-state index in [1.165, 1.54) is 12.1 Å². The van der Waals surface area contributed by atoms with Gasteiger partial charge in [-0.2, -0.15) is 13.2 Å². The minimum absolute atomic E-state index is 0.0382. The van der Waals surface area contributed by atoms with Crippen LogP contribution in [0.25, 0.3) is 0 Å². The largest absolute Gasteiger partial charge is 0.417 e. The van der Waals surface area contributed by atoms with E-state index >= 15 is 0 Å². The first-order valence-corrected chi connectivity index (χ1v) is 13.0. The first kappa shape index (κ1) is 27.8. The molecule has 1 amide bonds. The molecule has 2 fully saturated rings. The predicted octanol–water partition coefficient (Wildman–Crippen LogP) is 4.85. The number of piperidine rings is 1. The van der Waals surface area contributed by atoms with Crippen LogP contribution in [0.5, 0.6) is 0 Å². The van der Waals surface area contributed by atoms with E-state index < -0.39 is 11.7 Å². The molecule has 0 spiro atoms. The van der Waals surface area contributed by atoms with Gasteiger partial charge in [0.15, 0.2) is 0 Å². The maximum atomic E-state index is 13.3. The highest BCUT2D eigenvalue weighted by Gasteiger charge is 2.33. The Kier molecular flexibility index (Phi) is 9.11. The van der Waals surface area contributed by atoms with Crippen molar-refractivity contribution >= 4 is 17.5 Å². The maximum Gasteiger partial charge on any atom is 0.417 e. The summed E-state index contributed by atoms with van der Waals surface area (Å²) in [5.74, 6) is -0.0382. The molecular formula is C27H33ClF3N3O3. The Hall–Kier alpha value is -2.20. The van der Waals surface area contributed by atoms with Crippen molar-refractivity contribution in [1.29, 1.82) is 0 Å². The van der Waals surface area contributed by atoms with E-state index in [-0.39, 0.29) is 23.1 Å². The number of rotatable bonds is 7. The molecule has 2 aromatic rings. The van der Waals surface area contributed by atoms with Crippen molar-refractivity contribution in [2.45, 2.75) is 63.4 Å². The zero-order valence-electron chi connectivity index (χ0n) is 21.1. The number of carbonyl (C=O) groups excluding carboxylic acids is 1. The minimum atomic E-state index is -4.48. The molecule has 1 aromatic heterocycles. The summed E-state index contributed by atoms with van der Waals surface area (Å²) in [6, 6.07) is 4.40. The molecule has 2 atom stereocenters. The fourth-order valence-electron chi connectivity index (χ4n) is 5.12. The van der Waals surface area contributed by atoms with Gasteiger partial charge in [-0.3, -0.25) is 9.78 Å². The highest BCUT2D eigenvalue weighted by Crippen LogP contribution is 2.35. The van der Waals surface area contributed by atoms with Crippen LogP contribution >= 0.6 is 11.6 Å². The topological polar surface area (TPSA) is 63.7 Å². The van der Waals surface area contributed by atoms with Crippen molar-refractivity contribution in [3.8, 4) is 0 Å². The van der Waals surface area contributed by atoms with Crippen LogP contribution in [0.15, 0.2) is 30.6 Å². The average Bonchev–Trinajstić information content (AvgIpc) is 2.88. The molecule has 2 aliphatic rings. The van der Waals surface area contributed by atoms with Crippen LogP contribution in [0.3, 0.4) is 0 Å². The lowest BCUT2D eigenvalue weighted by molar-refractivity contribution is -0.137. The summed E-state index contributed by atoms with van der Waals surface area (Å²) in [6.45, 7) is 4.54. The molecule has 6 nitrogen and oxygen atoms in total. The smallest absolute Gasteiger partial charge is 0.379 e. The summed E-state index contributed by atoms with van der Waals surface area (Å²) in [6.07, 6.45) is 2.55. The number of halogens is 4. The Labute approximate surface area is 220 Å². The Morgan fingerprint density at radius 1 is 1.22 bits per heavy atom. The first-order valence-electron chi connectivity index (χ1n) is 12.6. The third-order valence-electron chi connectivity index (χ3n) is 7.41. The molecule has 0 saturated carbocycles. The van der Waals surface area contributed by atoms with Gasteiger partial charge in [0.1, 0.15) is 0 Å². The molecule has 202 valence electrons. The molecule has 0 aliphatic carbocycles. The number of hydrogen-bond acceptors (Lipinski definition) is 5. The van der Waals surface area contributed by atoms with Crippen LogP contribution in [-0.4, -0.2) is 67.4 Å². The monoisotopic (exact) mass is 539 g/mol. The second-order valence-corrected chi connectivity index (χ2v) is 10.2. The zero-order valence-corrected chi connectivity index (χ0v) is 21.9. The van der Waals surface area contributed by atoms with E-state index in [0.717, 1.165) is 43.1 Å². The third kappa shape index (κ3) is 6.82. The van der Waals surface area contributed by atoms with E-state index in [9.17, 15) is 18.0 Å². The van der Waals surface area contributed by atoms with E-state index in [1.54, 1.807) is 19.5 Å². The molecule has 0 radical (unpaired) electrons. The molecule has 2 aliphatic heterocycles. The first-order chi connectivity index (χ1) is 17.7. The quantitative estimate of drug-likeness (QED) is 0.545. The Balaban J connectivity index is 1.34. The summed E-state index contributed by atoms with van der Waals surface area (Å²) in [4.78, 5) is 19.5. The van der Waals surface area contributed by atoms with Crippen LogP contribution in [0.4, 0.5) is 13.2 Å². The molecule has 2 saturated heterocycles. The molecule has 4 rings (SSSR count). The lowest BCUT2D eigenvalue weighted by Gasteiger charge is -2.38. The van der Waals surface area contributed by atoms with Gasteiger partial charge in [0, 0.05) is 51.3 Å². The van der Waals surface area contributed by atoms with Gasteiger partial charge in [0.25, 0.3) is 5.91 Å². The number of benzene rings is 1. The number of nitrogens with one attached hydrogen (secondary N) is 1. The van der Waals surface area contributed by atoms with Gasteiger partial charge in [-0.05, 0) is 67.9 Å². The van der Waals surface area contributed by atoms with E-state index in [2.05, 4.69) is 10.3 Å². The minimum Gasteiger partial charge on any atom is -0.379 e. The number of hydrogen-bond donors (Lipinski definition) is 1. The molecule has 10 heteroatoms. The number of carbonyl (C=O) groups is 1. The fraction of sp³-hybridized carbons (Fsp3) is 0.556. The van der Waals surface area contributed by atoms with Gasteiger partial charge in [0.2, 0.25) is 0 Å². The van der Waals surface area contributed by atoms with Gasteiger partial charge >= 0.3 is 6.18 Å². The Morgan fingerprint density at radius 2 is 1.97 bits per heavy atom. The predicted molar refractivity (Wildman–Crippen MR) is 135 cm³/mol. The number of amides is 1. The number of likely N-dealkylation sites (tertiary alicyclic amines) is 1. The van der Waals surface area contributed by atoms with Gasteiger partial charge in [-0.1, -0.05) is 17.7 Å². The fourth-order valence-corrected chi connectivity index (χ4v) is 5.43. The molecule has 3 heterocycles. The summed E-state index contributed by atoms with van der Waals surface area (Å²) < 4.78 is 50.0. The lowest BCUT2D eigenvalue weighted by Crippen LogP contribution is -2.54. The van der Waals surface area contributed by atoms with Crippen LogP contribution < -0.4 is 5.32 Å². The van der Waals surface area contributed by atoms with Crippen molar-refractivity contribution in [3.05, 3.63) is 63.4 Å². The van der Waals surface area contributed by atoms with E-state index in [4.69, 9.17) is 21.1 Å². The summed E-state index contributed by atoms with van der Waals surface area (Å²) >= 11 is 5.86. The highest BCUT2D eigenvalue weighted by atomic mass is 35.5. The molecule has 1 N–H and O–H groups in total. The van der Waals surface area contributed by atoms with Crippen molar-refractivity contribution < 1.29 is 27.4 Å². The summed E-state index contributed by atoms with van der Waals surface area (Å²) in [5, 5.41) is 3.39. The van der Waals surface area contributed by atoms with Crippen molar-refractivity contribution in [2.75, 3.05) is 33.4 Å². The Morgan fingerprint density at radius 3 is 2.65 bits per heavy atom. The van der Waals surface area contributed by atoms with Gasteiger partial charge in [0.05, 0.1) is 28.9 Å². The van der Waals surface area contributed by atoms with Crippen molar-refractivity contribution in [1.82, 2.24) is 15.2 Å².